The Kier molecular flexibility index (Phi) is 6.01. The SMILES string of the molecule is CCCN1C[C@@]2(CC[C@H]3[C@]45C=C[C@@]6(C=C4C(=O)Cc4c(F)cccc4Cl)C[C@@H](O)CC[C@]6(C)[C@H]5CC[C@@]32C)OC1=O. The topological polar surface area (TPSA) is 66.8 Å². The number of Topliss-reactive ketones (excluding diaryl/α,β-unsaturated/α-hetero) is 1. The largest absolute Gasteiger partial charge is 0.440 e. The molecular formula is C34H41ClFNO4. The first-order valence-corrected chi connectivity index (χ1v) is 15.9. The van der Waals surface area contributed by atoms with Crippen LogP contribution in [0.25, 0.3) is 0 Å². The van der Waals surface area contributed by atoms with Gasteiger partial charge < -0.3 is 14.7 Å². The van der Waals surface area contributed by atoms with E-state index in [-0.39, 0.29) is 51.5 Å². The minimum Gasteiger partial charge on any atom is -0.440 e. The molecule has 0 radical (unpaired) electrons. The molecule has 2 bridgehead atoms. The molecule has 1 aromatic rings. The van der Waals surface area contributed by atoms with Crippen LogP contribution in [0.4, 0.5) is 9.18 Å². The van der Waals surface area contributed by atoms with E-state index in [4.69, 9.17) is 16.3 Å². The number of fused-ring (bicyclic) bond motifs is 2. The average Bonchev–Trinajstić information content (AvgIpc) is 3.41. The van der Waals surface area contributed by atoms with Crippen LogP contribution in [-0.2, 0) is 16.0 Å². The van der Waals surface area contributed by atoms with Crippen molar-refractivity contribution in [2.45, 2.75) is 90.3 Å². The summed E-state index contributed by atoms with van der Waals surface area (Å²) >= 11 is 6.41. The summed E-state index contributed by atoms with van der Waals surface area (Å²) < 4.78 is 21.3. The van der Waals surface area contributed by atoms with Gasteiger partial charge in [-0.3, -0.25) is 4.79 Å². The number of allylic oxidation sites excluding steroid dienone is 4. The second kappa shape index (κ2) is 8.92. The molecule has 41 heavy (non-hydrogen) atoms. The highest BCUT2D eigenvalue weighted by Gasteiger charge is 2.76. The molecule has 6 aliphatic carbocycles. The normalized spacial score (nSPS) is 44.0. The van der Waals surface area contributed by atoms with Gasteiger partial charge >= 0.3 is 6.09 Å². The number of benzene rings is 1. The molecule has 3 saturated carbocycles. The van der Waals surface area contributed by atoms with Crippen molar-refractivity contribution < 1.29 is 23.8 Å². The summed E-state index contributed by atoms with van der Waals surface area (Å²) in [5.41, 5.74) is -0.920. The van der Waals surface area contributed by atoms with Crippen LogP contribution < -0.4 is 0 Å². The first-order valence-electron chi connectivity index (χ1n) is 15.5. The summed E-state index contributed by atoms with van der Waals surface area (Å²) in [6, 6.07) is 4.56. The van der Waals surface area contributed by atoms with Gasteiger partial charge in [-0.25, -0.2) is 9.18 Å². The van der Waals surface area contributed by atoms with Crippen LogP contribution in [0.3, 0.4) is 0 Å². The molecule has 0 aromatic heterocycles. The number of rotatable bonds is 5. The van der Waals surface area contributed by atoms with E-state index in [2.05, 4.69) is 39.0 Å². The van der Waals surface area contributed by atoms with Crippen LogP contribution >= 0.6 is 11.6 Å². The zero-order valence-corrected chi connectivity index (χ0v) is 25.1. The maximum Gasteiger partial charge on any atom is 0.410 e. The van der Waals surface area contributed by atoms with Gasteiger partial charge in [0.1, 0.15) is 11.4 Å². The molecule has 1 N–H and O–H groups in total. The molecule has 5 nitrogen and oxygen atoms in total. The number of amides is 1. The van der Waals surface area contributed by atoms with E-state index in [1.54, 1.807) is 12.1 Å². The number of aliphatic hydroxyl groups is 1. The van der Waals surface area contributed by atoms with Gasteiger partial charge in [0.25, 0.3) is 0 Å². The Morgan fingerprint density at radius 2 is 1.85 bits per heavy atom. The van der Waals surface area contributed by atoms with Crippen molar-refractivity contribution in [3.8, 4) is 0 Å². The highest BCUT2D eigenvalue weighted by atomic mass is 35.5. The van der Waals surface area contributed by atoms with Crippen molar-refractivity contribution in [2.75, 3.05) is 13.1 Å². The minimum atomic E-state index is -0.573. The third-order valence-electron chi connectivity index (χ3n) is 12.9. The van der Waals surface area contributed by atoms with E-state index in [9.17, 15) is 19.1 Å². The lowest BCUT2D eigenvalue weighted by molar-refractivity contribution is -0.168. The Morgan fingerprint density at radius 3 is 2.61 bits per heavy atom. The molecule has 8 atom stereocenters. The Labute approximate surface area is 247 Å². The molecule has 220 valence electrons. The average molecular weight is 582 g/mol. The third-order valence-corrected chi connectivity index (χ3v) is 13.2. The number of aliphatic hydroxyl groups excluding tert-OH is 1. The fourth-order valence-corrected chi connectivity index (χ4v) is 11.1. The molecule has 1 heterocycles. The highest BCUT2D eigenvalue weighted by Crippen LogP contribution is 2.79. The van der Waals surface area contributed by atoms with Crippen LogP contribution in [0.5, 0.6) is 0 Å². The summed E-state index contributed by atoms with van der Waals surface area (Å²) in [5, 5.41) is 11.1. The van der Waals surface area contributed by atoms with Crippen LogP contribution in [0.2, 0.25) is 5.02 Å². The first kappa shape index (κ1) is 27.6. The fourth-order valence-electron chi connectivity index (χ4n) is 10.8. The van der Waals surface area contributed by atoms with Crippen molar-refractivity contribution in [2.24, 2.45) is 33.5 Å². The molecule has 7 heteroatoms. The summed E-state index contributed by atoms with van der Waals surface area (Å²) in [6.45, 7) is 8.03. The third kappa shape index (κ3) is 3.38. The lowest BCUT2D eigenvalue weighted by atomic mass is 9.32. The predicted molar refractivity (Wildman–Crippen MR) is 155 cm³/mol. The number of nitrogens with zero attached hydrogens (tertiary/aromatic N) is 1. The number of ether oxygens (including phenoxy) is 1. The monoisotopic (exact) mass is 581 g/mol. The van der Waals surface area contributed by atoms with E-state index in [0.717, 1.165) is 50.5 Å². The Bertz CT molecular complexity index is 1370. The second-order valence-corrected chi connectivity index (χ2v) is 14.8. The maximum absolute atomic E-state index is 14.9. The Balaban J connectivity index is 1.36. The smallest absolute Gasteiger partial charge is 0.410 e. The molecular weight excluding hydrogens is 541 g/mol. The zero-order chi connectivity index (χ0) is 29.0. The van der Waals surface area contributed by atoms with Crippen molar-refractivity contribution in [3.05, 3.63) is 58.4 Å². The van der Waals surface area contributed by atoms with Gasteiger partial charge in [0.2, 0.25) is 0 Å². The van der Waals surface area contributed by atoms with Gasteiger partial charge in [0.15, 0.2) is 5.78 Å². The summed E-state index contributed by atoms with van der Waals surface area (Å²) in [5.74, 6) is -0.235. The van der Waals surface area contributed by atoms with Crippen molar-refractivity contribution in [1.29, 1.82) is 0 Å². The molecule has 7 aliphatic rings. The molecule has 1 amide bonds. The lowest BCUT2D eigenvalue weighted by Gasteiger charge is -2.71. The van der Waals surface area contributed by atoms with Gasteiger partial charge in [0.05, 0.1) is 12.6 Å². The number of hydrogen-bond donors (Lipinski definition) is 1. The molecule has 1 aliphatic heterocycles. The standard InChI is InChI=1S/C34H41ClFNO4/c1-4-16-37-20-33(41-29(37)40)13-10-28-31(33,3)12-9-27-30(2)11-8-21(38)18-32(30)14-15-34(27,28)23(19-32)26(39)17-22-24(35)6-5-7-25(22)36/h5-7,14-15,19,21,27-28,38H,4,8-13,16-18,20H2,1-3H3/t21-,27+,28+,30+,31-,32-,33+,34+/m0/s1. The van der Waals surface area contributed by atoms with E-state index < -0.39 is 28.4 Å². The molecule has 3 spiro atoms. The van der Waals surface area contributed by atoms with Gasteiger partial charge in [-0.05, 0) is 80.8 Å². The number of ketones is 1. The first-order chi connectivity index (χ1) is 19.5. The summed E-state index contributed by atoms with van der Waals surface area (Å²) in [7, 11) is 0. The zero-order valence-electron chi connectivity index (χ0n) is 24.3. The summed E-state index contributed by atoms with van der Waals surface area (Å²) in [4.78, 5) is 29.4. The van der Waals surface area contributed by atoms with Crippen molar-refractivity contribution in [1.82, 2.24) is 4.90 Å². The van der Waals surface area contributed by atoms with Crippen LogP contribution in [0, 0.1) is 39.3 Å². The van der Waals surface area contributed by atoms with E-state index >= 15 is 0 Å². The number of carbonyl (C=O) groups excluding carboxylic acids is 2. The van der Waals surface area contributed by atoms with E-state index in [0.29, 0.717) is 19.5 Å². The van der Waals surface area contributed by atoms with E-state index in [1.807, 2.05) is 4.90 Å². The van der Waals surface area contributed by atoms with Gasteiger partial charge in [-0.2, -0.15) is 0 Å². The quantitative estimate of drug-likeness (QED) is 0.378. The molecule has 8 rings (SSSR count). The van der Waals surface area contributed by atoms with Gasteiger partial charge in [0, 0.05) is 45.4 Å². The number of halogens is 2. The fraction of sp³-hybridized carbons (Fsp3) is 0.647. The molecule has 0 unspecified atom stereocenters. The van der Waals surface area contributed by atoms with Crippen LogP contribution in [-0.4, -0.2) is 46.7 Å². The molecule has 1 aromatic carbocycles. The lowest BCUT2D eigenvalue weighted by Crippen LogP contribution is -2.67. The second-order valence-electron chi connectivity index (χ2n) is 14.4. The highest BCUT2D eigenvalue weighted by molar-refractivity contribution is 6.31. The summed E-state index contributed by atoms with van der Waals surface area (Å²) in [6.07, 6.45) is 12.7. The minimum absolute atomic E-state index is 0.0888. The molecule has 4 fully saturated rings. The Hall–Kier alpha value is -2.18. The van der Waals surface area contributed by atoms with Gasteiger partial charge in [-0.1, -0.05) is 56.7 Å². The number of carbonyl (C=O) groups is 2. The maximum atomic E-state index is 14.9. The van der Waals surface area contributed by atoms with Crippen LogP contribution in [0.15, 0.2) is 42.0 Å². The van der Waals surface area contributed by atoms with E-state index in [1.165, 1.54) is 6.07 Å². The van der Waals surface area contributed by atoms with Crippen LogP contribution in [0.1, 0.15) is 77.7 Å². The van der Waals surface area contributed by atoms with Gasteiger partial charge in [-0.15, -0.1) is 0 Å². The van der Waals surface area contributed by atoms with Crippen molar-refractivity contribution in [3.63, 3.8) is 0 Å². The Morgan fingerprint density at radius 1 is 1.12 bits per heavy atom. The molecule has 1 saturated heterocycles. The number of hydrogen-bond acceptors (Lipinski definition) is 4. The van der Waals surface area contributed by atoms with Crippen molar-refractivity contribution >= 4 is 23.5 Å². The predicted octanol–water partition coefficient (Wildman–Crippen LogP) is 7.05.